The summed E-state index contributed by atoms with van der Waals surface area (Å²) in [5.41, 5.74) is 1.88. The Bertz CT molecular complexity index is 308. The Hall–Kier alpha value is -1.27. The molecule has 3 nitrogen and oxygen atoms in total. The molecule has 0 spiro atoms. The van der Waals surface area contributed by atoms with E-state index in [0.29, 0.717) is 6.61 Å². The molecular weight excluding hydrogens is 140 g/mol. The molecule has 0 N–H and O–H groups in total. The van der Waals surface area contributed by atoms with Gasteiger partial charge in [0.2, 0.25) is 0 Å². The van der Waals surface area contributed by atoms with Crippen LogP contribution in [0.3, 0.4) is 0 Å². The van der Waals surface area contributed by atoms with Crippen molar-refractivity contribution < 1.29 is 4.74 Å². The summed E-state index contributed by atoms with van der Waals surface area (Å²) < 4.78 is 7.14. The van der Waals surface area contributed by atoms with Gasteiger partial charge >= 0.3 is 0 Å². The smallest absolute Gasteiger partial charge is 0.0898 e. The first kappa shape index (κ1) is 6.44. The molecule has 2 rings (SSSR count). The van der Waals surface area contributed by atoms with Crippen molar-refractivity contribution in [2.24, 2.45) is 0 Å². The van der Waals surface area contributed by atoms with Gasteiger partial charge in [-0.2, -0.15) is 5.10 Å². The van der Waals surface area contributed by atoms with Crippen LogP contribution in [0.25, 0.3) is 0 Å². The fourth-order valence-corrected chi connectivity index (χ4v) is 1.20. The number of aromatic nitrogens is 2. The molecule has 0 amide bonds. The molecule has 11 heavy (non-hydrogen) atoms. The molecule has 1 aromatic rings. The van der Waals surface area contributed by atoms with Gasteiger partial charge in [-0.05, 0) is 0 Å². The number of fused-ring (bicyclic) bond motifs is 1. The molecule has 0 fully saturated rings. The van der Waals surface area contributed by atoms with Crippen molar-refractivity contribution in [2.45, 2.75) is 13.2 Å². The molecule has 1 aliphatic heterocycles. The van der Waals surface area contributed by atoms with Crippen molar-refractivity contribution in [1.29, 1.82) is 0 Å². The Morgan fingerprint density at radius 1 is 1.73 bits per heavy atom. The van der Waals surface area contributed by atoms with Crippen molar-refractivity contribution >= 4 is 0 Å². The average Bonchev–Trinajstić information content (AvgIpc) is 2.47. The van der Waals surface area contributed by atoms with E-state index >= 15 is 0 Å². The molecule has 2 heterocycles. The lowest BCUT2D eigenvalue weighted by molar-refractivity contribution is 0.0799. The quantitative estimate of drug-likeness (QED) is 0.498. The summed E-state index contributed by atoms with van der Waals surface area (Å²) in [5, 5.41) is 4.12. The molecule has 0 saturated heterocycles. The first-order chi connectivity index (χ1) is 5.42. The van der Waals surface area contributed by atoms with Crippen LogP contribution in [0.15, 0.2) is 6.20 Å². The zero-order chi connectivity index (χ0) is 7.68. The lowest BCUT2D eigenvalue weighted by Crippen LogP contribution is -2.17. The van der Waals surface area contributed by atoms with Crippen molar-refractivity contribution in [3.05, 3.63) is 17.5 Å². The molecule has 0 aliphatic carbocycles. The number of rotatable bonds is 0. The van der Waals surface area contributed by atoms with Crippen LogP contribution in [-0.2, 0) is 17.9 Å². The van der Waals surface area contributed by atoms with Gasteiger partial charge < -0.3 is 4.74 Å². The molecule has 0 atom stereocenters. The topological polar surface area (TPSA) is 27.1 Å². The summed E-state index contributed by atoms with van der Waals surface area (Å²) in [6, 6.07) is 0. The Morgan fingerprint density at radius 3 is 3.45 bits per heavy atom. The maximum atomic E-state index is 5.26. The Morgan fingerprint density at radius 2 is 2.64 bits per heavy atom. The molecule has 56 valence electrons. The molecule has 3 heteroatoms. The fourth-order valence-electron chi connectivity index (χ4n) is 1.20. The minimum atomic E-state index is 0.597. The molecular formula is C8H8N2O. The molecule has 0 aromatic carbocycles. The summed E-state index contributed by atoms with van der Waals surface area (Å²) in [5.74, 6) is 2.57. The molecule has 0 bridgehead atoms. The van der Waals surface area contributed by atoms with E-state index in [-0.39, 0.29) is 0 Å². The first-order valence-corrected chi connectivity index (χ1v) is 3.51. The van der Waals surface area contributed by atoms with Crippen LogP contribution < -0.4 is 0 Å². The number of hydrogen-bond donors (Lipinski definition) is 0. The lowest BCUT2D eigenvalue weighted by atomic mass is 10.2. The van der Waals surface area contributed by atoms with Crippen molar-refractivity contribution in [3.8, 4) is 12.3 Å². The number of ether oxygens (including phenoxy) is 1. The summed E-state index contributed by atoms with van der Waals surface area (Å²) in [6.45, 7) is 2.15. The van der Waals surface area contributed by atoms with Gasteiger partial charge in [-0.15, -0.1) is 6.42 Å². The number of nitrogens with zero attached hydrogens (tertiary/aromatic N) is 2. The number of hydrogen-bond acceptors (Lipinski definition) is 2. The normalized spacial score (nSPS) is 15.5. The van der Waals surface area contributed by atoms with Gasteiger partial charge in [0.15, 0.2) is 0 Å². The van der Waals surface area contributed by atoms with Gasteiger partial charge in [0.05, 0.1) is 37.2 Å². The minimum Gasteiger partial charge on any atom is -0.373 e. The van der Waals surface area contributed by atoms with Gasteiger partial charge in [-0.1, -0.05) is 5.92 Å². The van der Waals surface area contributed by atoms with Crippen LogP contribution in [-0.4, -0.2) is 16.4 Å². The maximum absolute atomic E-state index is 5.26. The highest BCUT2D eigenvalue weighted by Gasteiger charge is 2.12. The van der Waals surface area contributed by atoms with E-state index in [1.807, 2.05) is 4.68 Å². The standard InChI is InChI=1S/C8H8N2O/c1-2-7-5-9-10-3-4-11-6-8(7)10/h1,5H,3-4,6H2. The van der Waals surface area contributed by atoms with Crippen LogP contribution >= 0.6 is 0 Å². The predicted molar refractivity (Wildman–Crippen MR) is 39.8 cm³/mol. The van der Waals surface area contributed by atoms with Crippen LogP contribution in [0, 0.1) is 12.3 Å². The first-order valence-electron chi connectivity index (χ1n) is 3.51. The Kier molecular flexibility index (Phi) is 1.41. The Labute approximate surface area is 65.0 Å². The van der Waals surface area contributed by atoms with E-state index in [9.17, 15) is 0 Å². The van der Waals surface area contributed by atoms with E-state index in [1.54, 1.807) is 6.20 Å². The molecule has 1 aromatic heterocycles. The third-order valence-corrected chi connectivity index (χ3v) is 1.79. The highest BCUT2D eigenvalue weighted by Crippen LogP contribution is 2.12. The maximum Gasteiger partial charge on any atom is 0.0898 e. The van der Waals surface area contributed by atoms with E-state index < -0.39 is 0 Å². The SMILES string of the molecule is C#Cc1cnn2c1COCC2. The van der Waals surface area contributed by atoms with Crippen LogP contribution in [0.2, 0.25) is 0 Å². The molecule has 0 radical (unpaired) electrons. The minimum absolute atomic E-state index is 0.597. The van der Waals surface area contributed by atoms with E-state index in [4.69, 9.17) is 11.2 Å². The van der Waals surface area contributed by atoms with E-state index in [1.165, 1.54) is 0 Å². The third kappa shape index (κ3) is 0.920. The van der Waals surface area contributed by atoms with Crippen LogP contribution in [0.5, 0.6) is 0 Å². The zero-order valence-electron chi connectivity index (χ0n) is 6.08. The summed E-state index contributed by atoms with van der Waals surface area (Å²) in [6.07, 6.45) is 6.97. The van der Waals surface area contributed by atoms with Gasteiger partial charge in [0.1, 0.15) is 0 Å². The van der Waals surface area contributed by atoms with Crippen molar-refractivity contribution in [3.63, 3.8) is 0 Å². The van der Waals surface area contributed by atoms with Gasteiger partial charge in [-0.25, -0.2) is 0 Å². The molecule has 0 saturated carbocycles. The van der Waals surface area contributed by atoms with Crippen LogP contribution in [0.1, 0.15) is 11.3 Å². The van der Waals surface area contributed by atoms with Crippen molar-refractivity contribution in [1.82, 2.24) is 9.78 Å². The van der Waals surface area contributed by atoms with Crippen molar-refractivity contribution in [2.75, 3.05) is 6.61 Å². The summed E-state index contributed by atoms with van der Waals surface area (Å²) in [7, 11) is 0. The predicted octanol–water partition coefficient (Wildman–Crippen LogP) is 0.395. The van der Waals surface area contributed by atoms with Crippen LogP contribution in [0.4, 0.5) is 0 Å². The number of terminal acetylenes is 1. The molecule has 0 unspecified atom stereocenters. The lowest BCUT2D eigenvalue weighted by Gasteiger charge is -2.13. The summed E-state index contributed by atoms with van der Waals surface area (Å²) in [4.78, 5) is 0. The van der Waals surface area contributed by atoms with Gasteiger partial charge in [-0.3, -0.25) is 4.68 Å². The molecule has 1 aliphatic rings. The zero-order valence-corrected chi connectivity index (χ0v) is 6.08. The van der Waals surface area contributed by atoms with E-state index in [0.717, 1.165) is 24.4 Å². The summed E-state index contributed by atoms with van der Waals surface area (Å²) >= 11 is 0. The highest BCUT2D eigenvalue weighted by molar-refractivity contribution is 5.34. The third-order valence-electron chi connectivity index (χ3n) is 1.79. The largest absolute Gasteiger partial charge is 0.373 e. The Balaban J connectivity index is 2.48. The van der Waals surface area contributed by atoms with Gasteiger partial charge in [0.25, 0.3) is 0 Å². The van der Waals surface area contributed by atoms with Gasteiger partial charge in [0, 0.05) is 0 Å². The second kappa shape index (κ2) is 2.40. The fraction of sp³-hybridized carbons (Fsp3) is 0.375. The second-order valence-corrected chi connectivity index (χ2v) is 2.43. The second-order valence-electron chi connectivity index (χ2n) is 2.43. The monoisotopic (exact) mass is 148 g/mol. The highest BCUT2D eigenvalue weighted by atomic mass is 16.5. The van der Waals surface area contributed by atoms with E-state index in [2.05, 4.69) is 11.0 Å². The average molecular weight is 148 g/mol.